The van der Waals surface area contributed by atoms with E-state index in [0.29, 0.717) is 13.2 Å². The number of nitrogens with one attached hydrogen (secondary N) is 1. The largest absolute Gasteiger partial charge is 0.465 e. The third-order valence-electron chi connectivity index (χ3n) is 2.99. The Morgan fingerprint density at radius 2 is 2.20 bits per heavy atom. The summed E-state index contributed by atoms with van der Waals surface area (Å²) in [6.45, 7) is 4.80. The van der Waals surface area contributed by atoms with E-state index in [0.717, 1.165) is 20.9 Å². The average Bonchev–Trinajstić information content (AvgIpc) is 2.46. The van der Waals surface area contributed by atoms with Crippen LogP contribution in [-0.2, 0) is 9.53 Å². The molecule has 0 aliphatic heterocycles. The monoisotopic (exact) mass is 336 g/mol. The number of hydrogen-bond acceptors (Lipinski definition) is 4. The molecule has 0 saturated heterocycles. The lowest BCUT2D eigenvalue weighted by Gasteiger charge is -2.18. The lowest BCUT2D eigenvalue weighted by molar-refractivity contribution is -0.145. The van der Waals surface area contributed by atoms with Crippen LogP contribution in [0.4, 0.5) is 0 Å². The summed E-state index contributed by atoms with van der Waals surface area (Å²) in [6, 6.07) is 7.20. The molecule has 0 saturated carbocycles. The van der Waals surface area contributed by atoms with Crippen LogP contribution in [0.5, 0.6) is 0 Å². The van der Waals surface area contributed by atoms with E-state index in [9.17, 15) is 4.79 Å². The van der Waals surface area contributed by atoms with Crippen molar-refractivity contribution in [3.63, 3.8) is 0 Å². The van der Waals surface area contributed by atoms with Gasteiger partial charge in [-0.1, -0.05) is 35.0 Å². The lowest BCUT2D eigenvalue weighted by Crippen LogP contribution is -2.30. The molecule has 0 aliphatic carbocycles. The van der Waals surface area contributed by atoms with Gasteiger partial charge in [0.05, 0.1) is 12.1 Å². The normalized spacial score (nSPS) is 12.3. The summed E-state index contributed by atoms with van der Waals surface area (Å²) in [7, 11) is 0. The molecule has 2 aromatic rings. The van der Waals surface area contributed by atoms with Gasteiger partial charge in [0.15, 0.2) is 0 Å². The zero-order valence-corrected chi connectivity index (χ0v) is 13.1. The van der Waals surface area contributed by atoms with Crippen LogP contribution in [0.25, 0.3) is 10.9 Å². The van der Waals surface area contributed by atoms with Crippen LogP contribution < -0.4 is 5.32 Å². The molecule has 2 rings (SSSR count). The number of aromatic nitrogens is 1. The van der Waals surface area contributed by atoms with Crippen molar-refractivity contribution < 1.29 is 9.53 Å². The summed E-state index contributed by atoms with van der Waals surface area (Å²) >= 11 is 3.51. The fourth-order valence-corrected chi connectivity index (χ4v) is 2.59. The van der Waals surface area contributed by atoms with E-state index in [-0.39, 0.29) is 5.97 Å². The highest BCUT2D eigenvalue weighted by molar-refractivity contribution is 9.10. The predicted molar refractivity (Wildman–Crippen MR) is 82.5 cm³/mol. The number of carbonyl (C=O) groups is 1. The van der Waals surface area contributed by atoms with Gasteiger partial charge in [-0.15, -0.1) is 0 Å². The Morgan fingerprint density at radius 3 is 2.90 bits per heavy atom. The number of pyridine rings is 1. The van der Waals surface area contributed by atoms with Gasteiger partial charge in [-0.3, -0.25) is 4.98 Å². The Hall–Kier alpha value is -1.46. The number of halogens is 1. The molecule has 1 unspecified atom stereocenters. The molecule has 1 atom stereocenters. The number of likely N-dealkylation sites (N-methyl/N-ethyl adjacent to an activating group) is 1. The third kappa shape index (κ3) is 2.99. The highest BCUT2D eigenvalue weighted by Gasteiger charge is 2.23. The van der Waals surface area contributed by atoms with Crippen LogP contribution in [0, 0.1) is 0 Å². The van der Waals surface area contributed by atoms with E-state index < -0.39 is 6.04 Å². The van der Waals surface area contributed by atoms with E-state index in [1.54, 1.807) is 13.1 Å². The SMILES string of the molecule is CCNC(C(=O)OCC)c1ccc(Br)c2cccnc12. The van der Waals surface area contributed by atoms with Crippen molar-refractivity contribution in [1.82, 2.24) is 10.3 Å². The van der Waals surface area contributed by atoms with Crippen LogP contribution in [0.2, 0.25) is 0 Å². The van der Waals surface area contributed by atoms with Gasteiger partial charge in [-0.05, 0) is 25.6 Å². The summed E-state index contributed by atoms with van der Waals surface area (Å²) in [6.07, 6.45) is 1.73. The number of ether oxygens (including phenoxy) is 1. The van der Waals surface area contributed by atoms with Gasteiger partial charge >= 0.3 is 5.97 Å². The van der Waals surface area contributed by atoms with E-state index in [1.165, 1.54) is 0 Å². The molecule has 0 amide bonds. The molecule has 106 valence electrons. The van der Waals surface area contributed by atoms with Crippen molar-refractivity contribution >= 4 is 32.8 Å². The van der Waals surface area contributed by atoms with Gasteiger partial charge in [-0.25, -0.2) is 4.79 Å². The number of fused-ring (bicyclic) bond motifs is 1. The van der Waals surface area contributed by atoms with Crippen LogP contribution in [-0.4, -0.2) is 24.1 Å². The molecule has 1 N–H and O–H groups in total. The number of nitrogens with zero attached hydrogens (tertiary/aromatic N) is 1. The van der Waals surface area contributed by atoms with Crippen molar-refractivity contribution in [1.29, 1.82) is 0 Å². The first-order valence-electron chi connectivity index (χ1n) is 6.62. The van der Waals surface area contributed by atoms with Crippen LogP contribution in [0.3, 0.4) is 0 Å². The Balaban J connectivity index is 2.53. The first kappa shape index (κ1) is 14.9. The topological polar surface area (TPSA) is 51.2 Å². The molecule has 1 heterocycles. The van der Waals surface area contributed by atoms with E-state index >= 15 is 0 Å². The van der Waals surface area contributed by atoms with Crippen LogP contribution in [0.1, 0.15) is 25.5 Å². The standard InChI is InChI=1S/C15H17BrN2O2/c1-3-17-14(15(19)20-4-2)11-7-8-12(16)10-6-5-9-18-13(10)11/h5-9,14,17H,3-4H2,1-2H3. The molecular formula is C15H17BrN2O2. The molecule has 1 aromatic carbocycles. The summed E-state index contributed by atoms with van der Waals surface area (Å²) in [4.78, 5) is 16.5. The third-order valence-corrected chi connectivity index (χ3v) is 3.68. The Labute approximate surface area is 126 Å². The minimum Gasteiger partial charge on any atom is -0.465 e. The Bertz CT molecular complexity index is 616. The number of rotatable bonds is 5. The minimum absolute atomic E-state index is 0.274. The number of esters is 1. The summed E-state index contributed by atoms with van der Waals surface area (Å²) < 4.78 is 6.11. The van der Waals surface area contributed by atoms with Gasteiger partial charge in [0.25, 0.3) is 0 Å². The molecular weight excluding hydrogens is 320 g/mol. The van der Waals surface area contributed by atoms with Crippen molar-refractivity contribution in [2.45, 2.75) is 19.9 Å². The smallest absolute Gasteiger partial charge is 0.327 e. The van der Waals surface area contributed by atoms with Crippen molar-refractivity contribution in [3.8, 4) is 0 Å². The van der Waals surface area contributed by atoms with Crippen LogP contribution >= 0.6 is 15.9 Å². The maximum atomic E-state index is 12.1. The maximum Gasteiger partial charge on any atom is 0.327 e. The van der Waals surface area contributed by atoms with Crippen molar-refractivity contribution in [2.24, 2.45) is 0 Å². The zero-order valence-electron chi connectivity index (χ0n) is 11.5. The highest BCUT2D eigenvalue weighted by Crippen LogP contribution is 2.29. The summed E-state index contributed by atoms with van der Waals surface area (Å²) in [5.41, 5.74) is 1.64. The first-order valence-corrected chi connectivity index (χ1v) is 7.41. The lowest BCUT2D eigenvalue weighted by atomic mass is 10.0. The van der Waals surface area contributed by atoms with Gasteiger partial charge in [-0.2, -0.15) is 0 Å². The second-order valence-electron chi connectivity index (χ2n) is 4.28. The number of carbonyl (C=O) groups excluding carboxylic acids is 1. The van der Waals surface area contributed by atoms with E-state index in [1.807, 2.05) is 31.2 Å². The molecule has 0 radical (unpaired) electrons. The molecule has 0 spiro atoms. The maximum absolute atomic E-state index is 12.1. The quantitative estimate of drug-likeness (QED) is 0.852. The van der Waals surface area contributed by atoms with Crippen molar-refractivity contribution in [2.75, 3.05) is 13.2 Å². The highest BCUT2D eigenvalue weighted by atomic mass is 79.9. The second-order valence-corrected chi connectivity index (χ2v) is 5.13. The molecule has 0 fully saturated rings. The summed E-state index contributed by atoms with van der Waals surface area (Å²) in [5, 5.41) is 4.15. The second kappa shape index (κ2) is 6.81. The molecule has 20 heavy (non-hydrogen) atoms. The average molecular weight is 337 g/mol. The van der Waals surface area contributed by atoms with Gasteiger partial charge < -0.3 is 10.1 Å². The molecule has 5 heteroatoms. The van der Waals surface area contributed by atoms with Gasteiger partial charge in [0, 0.05) is 21.6 Å². The van der Waals surface area contributed by atoms with Crippen molar-refractivity contribution in [3.05, 3.63) is 40.5 Å². The number of benzene rings is 1. The molecule has 1 aromatic heterocycles. The predicted octanol–water partition coefficient (Wildman–Crippen LogP) is 3.21. The van der Waals surface area contributed by atoms with E-state index in [4.69, 9.17) is 4.74 Å². The zero-order chi connectivity index (χ0) is 14.5. The number of hydrogen-bond donors (Lipinski definition) is 1. The molecule has 0 aliphatic rings. The first-order chi connectivity index (χ1) is 9.69. The van der Waals surface area contributed by atoms with E-state index in [2.05, 4.69) is 26.2 Å². The minimum atomic E-state index is -0.495. The fraction of sp³-hybridized carbons (Fsp3) is 0.333. The summed E-state index contributed by atoms with van der Waals surface area (Å²) in [5.74, 6) is -0.274. The molecule has 4 nitrogen and oxygen atoms in total. The van der Waals surface area contributed by atoms with Gasteiger partial charge in [0.2, 0.25) is 0 Å². The Morgan fingerprint density at radius 1 is 1.40 bits per heavy atom. The Kier molecular flexibility index (Phi) is 5.09. The van der Waals surface area contributed by atoms with Gasteiger partial charge in [0.1, 0.15) is 6.04 Å². The fourth-order valence-electron chi connectivity index (χ4n) is 2.14. The molecule has 0 bridgehead atoms. The van der Waals surface area contributed by atoms with Crippen LogP contribution in [0.15, 0.2) is 34.9 Å².